The molecule has 6 heteroatoms. The smallest absolute Gasteiger partial charge is 0.365 e. The first-order valence-corrected chi connectivity index (χ1v) is 5.81. The molecule has 0 unspecified atom stereocenters. The number of nitriles is 1. The van der Waals surface area contributed by atoms with Gasteiger partial charge in [0, 0.05) is 12.7 Å². The van der Waals surface area contributed by atoms with Crippen molar-refractivity contribution < 1.29 is 13.2 Å². The van der Waals surface area contributed by atoms with Crippen LogP contribution < -0.4 is 4.90 Å². The van der Waals surface area contributed by atoms with Crippen LogP contribution in [-0.2, 0) is 6.18 Å². The number of halogens is 4. The van der Waals surface area contributed by atoms with Crippen LogP contribution >= 0.6 is 22.6 Å². The molecule has 0 aromatic heterocycles. The Balaban J connectivity index is 3.29. The Hall–Kier alpha value is -0.970. The topological polar surface area (TPSA) is 27.0 Å². The van der Waals surface area contributed by atoms with Crippen LogP contribution in [0.4, 0.5) is 18.9 Å². The Morgan fingerprint density at radius 3 is 2.50 bits per heavy atom. The molecular formula is C10H8F3IN2. The van der Waals surface area contributed by atoms with Crippen LogP contribution in [0, 0.1) is 11.3 Å². The highest BCUT2D eigenvalue weighted by molar-refractivity contribution is 14.1. The average Bonchev–Trinajstić information content (AvgIpc) is 2.26. The van der Waals surface area contributed by atoms with Gasteiger partial charge in [-0.3, -0.25) is 0 Å². The third-order valence-corrected chi connectivity index (χ3v) is 3.07. The molecule has 0 N–H and O–H groups in total. The van der Waals surface area contributed by atoms with Crippen LogP contribution in [-0.4, -0.2) is 11.6 Å². The summed E-state index contributed by atoms with van der Waals surface area (Å²) in [5.74, 6) is 0. The number of nitrogens with zero attached hydrogens (tertiary/aromatic N) is 2. The second kappa shape index (κ2) is 4.91. The van der Waals surface area contributed by atoms with E-state index in [-0.39, 0.29) is 5.56 Å². The van der Waals surface area contributed by atoms with E-state index < -0.39 is 11.7 Å². The lowest BCUT2D eigenvalue weighted by atomic mass is 10.1. The molecule has 0 aliphatic carbocycles. The van der Waals surface area contributed by atoms with Gasteiger partial charge in [0.05, 0.1) is 21.7 Å². The van der Waals surface area contributed by atoms with Crippen LogP contribution in [0.1, 0.15) is 11.1 Å². The van der Waals surface area contributed by atoms with Crippen LogP contribution in [0.15, 0.2) is 18.2 Å². The largest absolute Gasteiger partial charge is 0.417 e. The number of anilines is 1. The van der Waals surface area contributed by atoms with Gasteiger partial charge in [-0.2, -0.15) is 18.4 Å². The fraction of sp³-hybridized carbons (Fsp3) is 0.300. The SMILES string of the molecule is CN(CI)c1ccc(C#N)c(C(F)(F)F)c1. The van der Waals surface area contributed by atoms with Gasteiger partial charge in [0.2, 0.25) is 0 Å². The average molecular weight is 340 g/mol. The molecule has 0 radical (unpaired) electrons. The Morgan fingerprint density at radius 1 is 1.44 bits per heavy atom. The number of hydrogen-bond donors (Lipinski definition) is 0. The fourth-order valence-corrected chi connectivity index (χ4v) is 1.56. The standard InChI is InChI=1S/C10H8F3IN2/c1-16(6-14)8-3-2-7(5-15)9(4-8)10(11,12)13/h2-4H,6H2,1H3. The van der Waals surface area contributed by atoms with E-state index in [1.54, 1.807) is 18.0 Å². The van der Waals surface area contributed by atoms with Gasteiger partial charge < -0.3 is 4.90 Å². The Labute approximate surface area is 105 Å². The van der Waals surface area contributed by atoms with Crippen LogP contribution in [0.25, 0.3) is 0 Å². The van der Waals surface area contributed by atoms with Gasteiger partial charge >= 0.3 is 6.18 Å². The van der Waals surface area contributed by atoms with E-state index in [1.807, 2.05) is 22.6 Å². The normalized spacial score (nSPS) is 11.0. The van der Waals surface area contributed by atoms with E-state index in [0.717, 1.165) is 6.07 Å². The third kappa shape index (κ3) is 2.78. The molecule has 0 aliphatic rings. The molecule has 1 aromatic carbocycles. The van der Waals surface area contributed by atoms with Crippen molar-refractivity contribution in [1.82, 2.24) is 0 Å². The molecule has 0 heterocycles. The lowest BCUT2D eigenvalue weighted by Crippen LogP contribution is -2.16. The zero-order chi connectivity index (χ0) is 12.3. The summed E-state index contributed by atoms with van der Waals surface area (Å²) >= 11 is 2.05. The number of alkyl halides is 4. The van der Waals surface area contributed by atoms with Crippen molar-refractivity contribution in [3.63, 3.8) is 0 Å². The van der Waals surface area contributed by atoms with Crippen LogP contribution in [0.3, 0.4) is 0 Å². The predicted molar refractivity (Wildman–Crippen MR) is 63.4 cm³/mol. The summed E-state index contributed by atoms with van der Waals surface area (Å²) < 4.78 is 38.4. The van der Waals surface area contributed by atoms with E-state index in [1.165, 1.54) is 12.1 Å². The Morgan fingerprint density at radius 2 is 2.06 bits per heavy atom. The first-order valence-electron chi connectivity index (χ1n) is 4.28. The summed E-state index contributed by atoms with van der Waals surface area (Å²) in [7, 11) is 1.69. The molecule has 0 aliphatic heterocycles. The summed E-state index contributed by atoms with van der Waals surface area (Å²) in [4.78, 5) is 1.66. The zero-order valence-corrected chi connectivity index (χ0v) is 10.5. The first-order chi connectivity index (χ1) is 7.40. The molecule has 0 amide bonds. The van der Waals surface area contributed by atoms with Gasteiger partial charge in [-0.15, -0.1) is 0 Å². The summed E-state index contributed by atoms with van der Waals surface area (Å²) in [6.45, 7) is 0. The quantitative estimate of drug-likeness (QED) is 0.469. The second-order valence-electron chi connectivity index (χ2n) is 3.16. The fourth-order valence-electron chi connectivity index (χ4n) is 1.17. The summed E-state index contributed by atoms with van der Waals surface area (Å²) in [6.07, 6.45) is -4.49. The van der Waals surface area contributed by atoms with Crippen LogP contribution in [0.5, 0.6) is 0 Å². The highest BCUT2D eigenvalue weighted by Crippen LogP contribution is 2.34. The molecule has 16 heavy (non-hydrogen) atoms. The molecule has 0 atom stereocenters. The summed E-state index contributed by atoms with van der Waals surface area (Å²) in [5.41, 5.74) is -0.789. The van der Waals surface area contributed by atoms with Crippen molar-refractivity contribution in [2.24, 2.45) is 0 Å². The second-order valence-corrected chi connectivity index (χ2v) is 3.84. The van der Waals surface area contributed by atoms with Crippen molar-refractivity contribution in [3.8, 4) is 6.07 Å². The highest BCUT2D eigenvalue weighted by Gasteiger charge is 2.34. The minimum atomic E-state index is -4.49. The maximum absolute atomic E-state index is 12.6. The number of rotatable bonds is 2. The maximum atomic E-state index is 12.6. The van der Waals surface area contributed by atoms with E-state index in [9.17, 15) is 13.2 Å². The highest BCUT2D eigenvalue weighted by atomic mass is 127. The lowest BCUT2D eigenvalue weighted by Gasteiger charge is -2.18. The van der Waals surface area contributed by atoms with E-state index >= 15 is 0 Å². The van der Waals surface area contributed by atoms with Gasteiger partial charge in [-0.25, -0.2) is 0 Å². The van der Waals surface area contributed by atoms with E-state index in [0.29, 0.717) is 10.2 Å². The predicted octanol–water partition coefficient (Wildman–Crippen LogP) is 3.41. The third-order valence-electron chi connectivity index (χ3n) is 2.05. The molecule has 0 saturated heterocycles. The number of benzene rings is 1. The monoisotopic (exact) mass is 340 g/mol. The Bertz CT molecular complexity index is 423. The van der Waals surface area contributed by atoms with Gasteiger partial charge in [0.1, 0.15) is 0 Å². The molecular weight excluding hydrogens is 332 g/mol. The van der Waals surface area contributed by atoms with Gasteiger partial charge in [-0.1, -0.05) is 22.6 Å². The van der Waals surface area contributed by atoms with Crippen molar-refractivity contribution in [1.29, 1.82) is 5.26 Å². The van der Waals surface area contributed by atoms with Crippen molar-refractivity contribution in [2.45, 2.75) is 6.18 Å². The molecule has 1 rings (SSSR count). The molecule has 86 valence electrons. The molecule has 0 bridgehead atoms. The molecule has 1 aromatic rings. The molecule has 0 saturated carbocycles. The van der Waals surface area contributed by atoms with E-state index in [4.69, 9.17) is 5.26 Å². The minimum Gasteiger partial charge on any atom is -0.365 e. The van der Waals surface area contributed by atoms with Crippen molar-refractivity contribution in [2.75, 3.05) is 16.5 Å². The summed E-state index contributed by atoms with van der Waals surface area (Å²) in [5, 5.41) is 8.60. The molecule has 0 fully saturated rings. The summed E-state index contributed by atoms with van der Waals surface area (Å²) in [6, 6.07) is 5.24. The first kappa shape index (κ1) is 13.1. The minimum absolute atomic E-state index is 0.349. The van der Waals surface area contributed by atoms with Gasteiger partial charge in [-0.05, 0) is 18.2 Å². The van der Waals surface area contributed by atoms with Crippen molar-refractivity contribution >= 4 is 28.3 Å². The van der Waals surface area contributed by atoms with Gasteiger partial charge in [0.25, 0.3) is 0 Å². The van der Waals surface area contributed by atoms with E-state index in [2.05, 4.69) is 0 Å². The lowest BCUT2D eigenvalue weighted by molar-refractivity contribution is -0.137. The number of hydrogen-bond acceptors (Lipinski definition) is 2. The molecule has 0 spiro atoms. The molecule has 2 nitrogen and oxygen atoms in total. The maximum Gasteiger partial charge on any atom is 0.417 e. The Kier molecular flexibility index (Phi) is 4.02. The van der Waals surface area contributed by atoms with Crippen LogP contribution in [0.2, 0.25) is 0 Å². The van der Waals surface area contributed by atoms with Crippen molar-refractivity contribution in [3.05, 3.63) is 29.3 Å². The zero-order valence-electron chi connectivity index (χ0n) is 8.35. The van der Waals surface area contributed by atoms with Gasteiger partial charge in [0.15, 0.2) is 0 Å².